The Morgan fingerprint density at radius 3 is 2.67 bits per heavy atom. The van der Waals surface area contributed by atoms with Crippen molar-refractivity contribution < 1.29 is 9.53 Å². The van der Waals surface area contributed by atoms with Crippen molar-refractivity contribution in [2.24, 2.45) is 0 Å². The first kappa shape index (κ1) is 18.0. The molecule has 1 aromatic heterocycles. The van der Waals surface area contributed by atoms with Crippen molar-refractivity contribution in [3.63, 3.8) is 0 Å². The topological polar surface area (TPSA) is 67.0 Å². The Morgan fingerprint density at radius 1 is 1.33 bits per heavy atom. The normalized spacial score (nSPS) is 12.7. The maximum atomic E-state index is 12.1. The highest BCUT2D eigenvalue weighted by Crippen LogP contribution is 2.28. The molecule has 0 bridgehead atoms. The van der Waals surface area contributed by atoms with E-state index in [1.54, 1.807) is 0 Å². The second-order valence-corrected chi connectivity index (χ2v) is 7.10. The molecular weight excluding hydrogens is 302 g/mol. The minimum atomic E-state index is -0.221. The SMILES string of the molecule is CCC(C)c1ccccc1OCC(=O)Nc1cc(C(C)(C)C)[nH]n1. The van der Waals surface area contributed by atoms with E-state index in [2.05, 4.69) is 50.1 Å². The van der Waals surface area contributed by atoms with Gasteiger partial charge in [-0.25, -0.2) is 0 Å². The molecule has 5 nitrogen and oxygen atoms in total. The van der Waals surface area contributed by atoms with Gasteiger partial charge in [-0.3, -0.25) is 9.89 Å². The number of H-pyrrole nitrogens is 1. The first-order valence-electron chi connectivity index (χ1n) is 8.38. The van der Waals surface area contributed by atoms with Gasteiger partial charge in [-0.05, 0) is 24.0 Å². The maximum absolute atomic E-state index is 12.1. The van der Waals surface area contributed by atoms with Gasteiger partial charge in [0.05, 0.1) is 0 Å². The van der Waals surface area contributed by atoms with E-state index in [0.29, 0.717) is 11.7 Å². The zero-order valence-electron chi connectivity index (χ0n) is 15.1. The summed E-state index contributed by atoms with van der Waals surface area (Å²) in [5.41, 5.74) is 2.06. The first-order valence-corrected chi connectivity index (χ1v) is 8.38. The van der Waals surface area contributed by atoms with Crippen LogP contribution in [0.1, 0.15) is 58.2 Å². The molecule has 130 valence electrons. The molecule has 1 unspecified atom stereocenters. The van der Waals surface area contributed by atoms with Crippen molar-refractivity contribution in [2.45, 2.75) is 52.4 Å². The molecule has 1 atom stereocenters. The lowest BCUT2D eigenvalue weighted by atomic mass is 9.92. The summed E-state index contributed by atoms with van der Waals surface area (Å²) in [6.07, 6.45) is 1.02. The molecule has 1 heterocycles. The van der Waals surface area contributed by atoms with Crippen molar-refractivity contribution in [2.75, 3.05) is 11.9 Å². The summed E-state index contributed by atoms with van der Waals surface area (Å²) < 4.78 is 5.72. The maximum Gasteiger partial charge on any atom is 0.263 e. The minimum Gasteiger partial charge on any atom is -0.483 e. The molecular formula is C19H27N3O2. The first-order chi connectivity index (χ1) is 11.3. The van der Waals surface area contributed by atoms with E-state index in [0.717, 1.165) is 23.4 Å². The average Bonchev–Trinajstić information content (AvgIpc) is 3.01. The number of nitrogens with one attached hydrogen (secondary N) is 2. The van der Waals surface area contributed by atoms with Crippen LogP contribution in [0.2, 0.25) is 0 Å². The number of aromatic amines is 1. The lowest BCUT2D eigenvalue weighted by molar-refractivity contribution is -0.118. The Balaban J connectivity index is 1.96. The van der Waals surface area contributed by atoms with Gasteiger partial charge in [0.1, 0.15) is 5.75 Å². The summed E-state index contributed by atoms with van der Waals surface area (Å²) >= 11 is 0. The van der Waals surface area contributed by atoms with Crippen molar-refractivity contribution in [1.29, 1.82) is 0 Å². The lowest BCUT2D eigenvalue weighted by Crippen LogP contribution is -2.21. The molecule has 0 saturated carbocycles. The van der Waals surface area contributed by atoms with Crippen LogP contribution in [-0.4, -0.2) is 22.7 Å². The molecule has 5 heteroatoms. The standard InChI is InChI=1S/C19H27N3O2/c1-6-13(2)14-9-7-8-10-15(14)24-12-18(23)20-17-11-16(21-22-17)19(3,4)5/h7-11,13H,6,12H2,1-5H3,(H2,20,21,22,23). The number of carbonyl (C=O) groups is 1. The van der Waals surface area contributed by atoms with E-state index < -0.39 is 0 Å². The van der Waals surface area contributed by atoms with Gasteiger partial charge in [-0.2, -0.15) is 5.10 Å². The number of hydrogen-bond acceptors (Lipinski definition) is 3. The monoisotopic (exact) mass is 329 g/mol. The van der Waals surface area contributed by atoms with Gasteiger partial charge in [0.15, 0.2) is 12.4 Å². The molecule has 0 aliphatic rings. The van der Waals surface area contributed by atoms with Crippen LogP contribution in [0.25, 0.3) is 0 Å². The lowest BCUT2D eigenvalue weighted by Gasteiger charge is -2.15. The number of hydrogen-bond donors (Lipinski definition) is 2. The molecule has 24 heavy (non-hydrogen) atoms. The second-order valence-electron chi connectivity index (χ2n) is 7.10. The molecule has 0 fully saturated rings. The number of nitrogens with zero attached hydrogens (tertiary/aromatic N) is 1. The molecule has 0 saturated heterocycles. The van der Waals surface area contributed by atoms with Crippen molar-refractivity contribution >= 4 is 11.7 Å². The van der Waals surface area contributed by atoms with Crippen LogP contribution in [0.5, 0.6) is 5.75 Å². The fourth-order valence-electron chi connectivity index (χ4n) is 2.33. The van der Waals surface area contributed by atoms with Gasteiger partial charge >= 0.3 is 0 Å². The quantitative estimate of drug-likeness (QED) is 0.833. The van der Waals surface area contributed by atoms with Crippen LogP contribution < -0.4 is 10.1 Å². The molecule has 0 aliphatic carbocycles. The van der Waals surface area contributed by atoms with E-state index >= 15 is 0 Å². The molecule has 2 rings (SSSR count). The van der Waals surface area contributed by atoms with E-state index in [4.69, 9.17) is 4.74 Å². The van der Waals surface area contributed by atoms with Crippen LogP contribution in [0.3, 0.4) is 0 Å². The summed E-state index contributed by atoms with van der Waals surface area (Å²) in [5, 5.41) is 9.84. The molecule has 0 aliphatic heterocycles. The third kappa shape index (κ3) is 4.60. The van der Waals surface area contributed by atoms with E-state index in [1.165, 1.54) is 0 Å². The Kier molecular flexibility index (Phi) is 5.65. The van der Waals surface area contributed by atoms with Crippen LogP contribution in [0.15, 0.2) is 30.3 Å². The van der Waals surface area contributed by atoms with E-state index in [1.807, 2.05) is 30.3 Å². The zero-order chi connectivity index (χ0) is 17.7. The molecule has 1 amide bonds. The molecule has 2 aromatic rings. The fraction of sp³-hybridized carbons (Fsp3) is 0.474. The molecule has 0 spiro atoms. The highest BCUT2D eigenvalue weighted by Gasteiger charge is 2.17. The summed E-state index contributed by atoms with van der Waals surface area (Å²) in [6.45, 7) is 10.5. The van der Waals surface area contributed by atoms with E-state index in [-0.39, 0.29) is 17.9 Å². The van der Waals surface area contributed by atoms with Gasteiger partial charge in [0.25, 0.3) is 5.91 Å². The Labute approximate surface area is 143 Å². The smallest absolute Gasteiger partial charge is 0.263 e. The Bertz CT molecular complexity index is 686. The van der Waals surface area contributed by atoms with Crippen LogP contribution in [0, 0.1) is 0 Å². The third-order valence-electron chi connectivity index (χ3n) is 4.07. The third-order valence-corrected chi connectivity index (χ3v) is 4.07. The van der Waals surface area contributed by atoms with Gasteiger partial charge in [-0.1, -0.05) is 52.8 Å². The zero-order valence-corrected chi connectivity index (χ0v) is 15.1. The molecule has 0 radical (unpaired) electrons. The number of amides is 1. The number of rotatable bonds is 6. The predicted octanol–water partition coefficient (Wildman–Crippen LogP) is 4.24. The number of benzene rings is 1. The van der Waals surface area contributed by atoms with Gasteiger partial charge in [0.2, 0.25) is 0 Å². The largest absolute Gasteiger partial charge is 0.483 e. The molecule has 2 N–H and O–H groups in total. The summed E-state index contributed by atoms with van der Waals surface area (Å²) in [6, 6.07) is 9.71. The Morgan fingerprint density at radius 2 is 2.04 bits per heavy atom. The van der Waals surface area contributed by atoms with Gasteiger partial charge in [-0.15, -0.1) is 0 Å². The van der Waals surface area contributed by atoms with Crippen molar-refractivity contribution in [3.05, 3.63) is 41.6 Å². The number of anilines is 1. The minimum absolute atomic E-state index is 0.0365. The van der Waals surface area contributed by atoms with Crippen molar-refractivity contribution in [3.8, 4) is 5.75 Å². The average molecular weight is 329 g/mol. The summed E-state index contributed by atoms with van der Waals surface area (Å²) in [5.74, 6) is 1.45. The Hall–Kier alpha value is -2.30. The number of aromatic nitrogens is 2. The van der Waals surface area contributed by atoms with Crippen LogP contribution in [0.4, 0.5) is 5.82 Å². The number of carbonyl (C=O) groups excluding carboxylic acids is 1. The predicted molar refractivity (Wildman–Crippen MR) is 96.6 cm³/mol. The number of ether oxygens (including phenoxy) is 1. The summed E-state index contributed by atoms with van der Waals surface area (Å²) in [7, 11) is 0. The van der Waals surface area contributed by atoms with Crippen LogP contribution >= 0.6 is 0 Å². The highest BCUT2D eigenvalue weighted by molar-refractivity contribution is 5.91. The van der Waals surface area contributed by atoms with E-state index in [9.17, 15) is 4.79 Å². The number of para-hydroxylation sites is 1. The van der Waals surface area contributed by atoms with Crippen LogP contribution in [-0.2, 0) is 10.2 Å². The van der Waals surface area contributed by atoms with Gasteiger partial charge in [0, 0.05) is 17.2 Å². The highest BCUT2D eigenvalue weighted by atomic mass is 16.5. The fourth-order valence-corrected chi connectivity index (χ4v) is 2.33. The van der Waals surface area contributed by atoms with Crippen molar-refractivity contribution in [1.82, 2.24) is 10.2 Å². The summed E-state index contributed by atoms with van der Waals surface area (Å²) in [4.78, 5) is 12.1. The van der Waals surface area contributed by atoms with Gasteiger partial charge < -0.3 is 10.1 Å². The molecule has 1 aromatic carbocycles. The second kappa shape index (κ2) is 7.51.